The molecule has 0 bridgehead atoms. The molecule has 2 rings (SSSR count). The molecule has 1 unspecified atom stereocenters. The van der Waals surface area contributed by atoms with E-state index in [-0.39, 0.29) is 0 Å². The summed E-state index contributed by atoms with van der Waals surface area (Å²) in [6.07, 6.45) is 7.90. The average molecular weight is 164 g/mol. The minimum Gasteiger partial charge on any atom is -0.122 e. The molecule has 0 spiro atoms. The molecule has 2 aliphatic rings. The fourth-order valence-corrected chi connectivity index (χ4v) is 2.90. The highest BCUT2D eigenvalue weighted by Gasteiger charge is 2.25. The zero-order valence-electron chi connectivity index (χ0n) is 6.92. The van der Waals surface area contributed by atoms with Gasteiger partial charge in [0.1, 0.15) is 0 Å². The van der Waals surface area contributed by atoms with E-state index in [1.807, 2.05) is 11.8 Å². The molecule has 0 nitrogen and oxygen atoms in total. The Labute approximate surface area is 72.1 Å². The van der Waals surface area contributed by atoms with E-state index >= 15 is 0 Å². The summed E-state index contributed by atoms with van der Waals surface area (Å²) in [5.41, 5.74) is 3.05. The number of fused-ring (bicyclic) bond motifs is 1. The molecule has 1 heteroatoms. The van der Waals surface area contributed by atoms with Gasteiger partial charge in [-0.2, -0.15) is 0 Å². The molecule has 0 saturated heterocycles. The quantitative estimate of drug-likeness (QED) is 0.529. The minimum atomic E-state index is 0.736. The summed E-state index contributed by atoms with van der Waals surface area (Å²) < 4.78 is 0. The van der Waals surface area contributed by atoms with Gasteiger partial charge in [-0.25, -0.2) is 0 Å². The first-order valence-electron chi connectivity index (χ1n) is 4.00. The molecule has 1 heterocycles. The molecule has 0 amide bonds. The molecule has 58 valence electrons. The molecule has 0 aromatic rings. The molecule has 0 saturated carbocycles. The lowest BCUT2D eigenvalue weighted by Crippen LogP contribution is -2.03. The lowest BCUT2D eigenvalue weighted by Gasteiger charge is -2.12. The first kappa shape index (κ1) is 7.23. The van der Waals surface area contributed by atoms with Crippen molar-refractivity contribution in [3.8, 4) is 0 Å². The number of hydrogen-bond acceptors (Lipinski definition) is 1. The number of rotatable bonds is 0. The van der Waals surface area contributed by atoms with Gasteiger partial charge >= 0.3 is 0 Å². The molecular formula is C10H12S. The van der Waals surface area contributed by atoms with Gasteiger partial charge in [-0.05, 0) is 36.3 Å². The van der Waals surface area contributed by atoms with Gasteiger partial charge in [-0.15, -0.1) is 11.8 Å². The summed E-state index contributed by atoms with van der Waals surface area (Å²) in [4.78, 5) is 1.50. The maximum atomic E-state index is 2.26. The lowest BCUT2D eigenvalue weighted by molar-refractivity contribution is 1.00. The van der Waals surface area contributed by atoms with Crippen molar-refractivity contribution in [2.75, 3.05) is 0 Å². The van der Waals surface area contributed by atoms with E-state index in [2.05, 4.69) is 32.1 Å². The molecule has 0 N–H and O–H groups in total. The fourth-order valence-electron chi connectivity index (χ4n) is 1.59. The van der Waals surface area contributed by atoms with E-state index in [1.165, 1.54) is 16.9 Å². The second-order valence-electron chi connectivity index (χ2n) is 3.07. The standard InChI is InChI=1S/C10H12S/c1-7-8(2)11-10-6-4-3-5-9(7)10/h3-5,10H,6H2,1-2H3. The van der Waals surface area contributed by atoms with Crippen LogP contribution < -0.4 is 0 Å². The highest BCUT2D eigenvalue weighted by molar-refractivity contribution is 8.04. The first-order chi connectivity index (χ1) is 5.29. The first-order valence-corrected chi connectivity index (χ1v) is 4.88. The topological polar surface area (TPSA) is 0 Å². The van der Waals surface area contributed by atoms with Crippen LogP contribution in [0.5, 0.6) is 0 Å². The Morgan fingerprint density at radius 1 is 1.45 bits per heavy atom. The SMILES string of the molecule is CC1=C(C)C2=CC=CCC2S1. The van der Waals surface area contributed by atoms with E-state index in [0.717, 1.165) is 5.25 Å². The van der Waals surface area contributed by atoms with Gasteiger partial charge in [0.15, 0.2) is 0 Å². The van der Waals surface area contributed by atoms with Gasteiger partial charge < -0.3 is 0 Å². The summed E-state index contributed by atoms with van der Waals surface area (Å²) in [7, 11) is 0. The van der Waals surface area contributed by atoms with Crippen LogP contribution >= 0.6 is 11.8 Å². The number of allylic oxidation sites excluding steroid dienone is 5. The fraction of sp³-hybridized carbons (Fsp3) is 0.400. The molecular weight excluding hydrogens is 152 g/mol. The second-order valence-corrected chi connectivity index (χ2v) is 4.49. The van der Waals surface area contributed by atoms with Crippen molar-refractivity contribution in [2.24, 2.45) is 0 Å². The van der Waals surface area contributed by atoms with Gasteiger partial charge in [0.05, 0.1) is 0 Å². The second kappa shape index (κ2) is 2.56. The molecule has 11 heavy (non-hydrogen) atoms. The Morgan fingerprint density at radius 3 is 3.00 bits per heavy atom. The van der Waals surface area contributed by atoms with E-state index < -0.39 is 0 Å². The van der Waals surface area contributed by atoms with Crippen LogP contribution in [-0.2, 0) is 0 Å². The van der Waals surface area contributed by atoms with Crippen LogP contribution in [0.15, 0.2) is 34.3 Å². The van der Waals surface area contributed by atoms with Crippen LogP contribution in [0.4, 0.5) is 0 Å². The van der Waals surface area contributed by atoms with Crippen LogP contribution in [0, 0.1) is 0 Å². The Bertz CT molecular complexity index is 269. The van der Waals surface area contributed by atoms with Gasteiger partial charge in [0.2, 0.25) is 0 Å². The van der Waals surface area contributed by atoms with E-state index in [9.17, 15) is 0 Å². The third kappa shape index (κ3) is 1.08. The summed E-state index contributed by atoms with van der Waals surface area (Å²) in [6.45, 7) is 4.45. The largest absolute Gasteiger partial charge is 0.122 e. The monoisotopic (exact) mass is 164 g/mol. The van der Waals surface area contributed by atoms with Gasteiger partial charge in [-0.1, -0.05) is 18.2 Å². The summed E-state index contributed by atoms with van der Waals surface area (Å²) in [6, 6.07) is 0. The summed E-state index contributed by atoms with van der Waals surface area (Å²) in [5.74, 6) is 0. The molecule has 1 aliphatic carbocycles. The van der Waals surface area contributed by atoms with E-state index in [1.54, 1.807) is 5.57 Å². The Balaban J connectivity index is 2.39. The molecule has 0 aromatic carbocycles. The molecule has 0 fully saturated rings. The Hall–Kier alpha value is -0.430. The van der Waals surface area contributed by atoms with Crippen LogP contribution in [0.1, 0.15) is 20.3 Å². The number of thioether (sulfide) groups is 1. The van der Waals surface area contributed by atoms with Crippen LogP contribution in [0.3, 0.4) is 0 Å². The Morgan fingerprint density at radius 2 is 2.27 bits per heavy atom. The van der Waals surface area contributed by atoms with Gasteiger partial charge in [-0.3, -0.25) is 0 Å². The molecule has 1 atom stereocenters. The Kier molecular flexibility index (Phi) is 1.68. The van der Waals surface area contributed by atoms with Crippen LogP contribution in [0.2, 0.25) is 0 Å². The van der Waals surface area contributed by atoms with Crippen molar-refractivity contribution in [2.45, 2.75) is 25.5 Å². The third-order valence-corrected chi connectivity index (χ3v) is 3.78. The predicted octanol–water partition coefficient (Wildman–Crippen LogP) is 3.28. The molecule has 0 radical (unpaired) electrons. The average Bonchev–Trinajstić information content (AvgIpc) is 2.30. The highest BCUT2D eigenvalue weighted by atomic mass is 32.2. The predicted molar refractivity (Wildman–Crippen MR) is 51.6 cm³/mol. The molecule has 1 aliphatic heterocycles. The van der Waals surface area contributed by atoms with Gasteiger partial charge in [0.25, 0.3) is 0 Å². The third-order valence-electron chi connectivity index (χ3n) is 2.39. The van der Waals surface area contributed by atoms with Crippen molar-refractivity contribution in [1.82, 2.24) is 0 Å². The lowest BCUT2D eigenvalue weighted by atomic mass is 9.98. The zero-order chi connectivity index (χ0) is 7.84. The van der Waals surface area contributed by atoms with Crippen LogP contribution in [-0.4, -0.2) is 5.25 Å². The van der Waals surface area contributed by atoms with Crippen molar-refractivity contribution in [3.05, 3.63) is 34.3 Å². The molecule has 0 aromatic heterocycles. The maximum Gasteiger partial charge on any atom is 0.0378 e. The zero-order valence-corrected chi connectivity index (χ0v) is 7.74. The normalized spacial score (nSPS) is 28.9. The highest BCUT2D eigenvalue weighted by Crippen LogP contribution is 2.44. The van der Waals surface area contributed by atoms with E-state index in [4.69, 9.17) is 0 Å². The van der Waals surface area contributed by atoms with Crippen molar-refractivity contribution >= 4 is 11.8 Å². The van der Waals surface area contributed by atoms with Crippen molar-refractivity contribution in [3.63, 3.8) is 0 Å². The van der Waals surface area contributed by atoms with E-state index in [0.29, 0.717) is 0 Å². The van der Waals surface area contributed by atoms with Crippen LogP contribution in [0.25, 0.3) is 0 Å². The smallest absolute Gasteiger partial charge is 0.0378 e. The van der Waals surface area contributed by atoms with Crippen molar-refractivity contribution in [1.29, 1.82) is 0 Å². The number of hydrogen-bond donors (Lipinski definition) is 0. The van der Waals surface area contributed by atoms with Crippen molar-refractivity contribution < 1.29 is 0 Å². The van der Waals surface area contributed by atoms with Gasteiger partial charge in [0, 0.05) is 5.25 Å². The summed E-state index contributed by atoms with van der Waals surface area (Å²) in [5, 5.41) is 0.736. The maximum absolute atomic E-state index is 2.26. The minimum absolute atomic E-state index is 0.736. The summed E-state index contributed by atoms with van der Waals surface area (Å²) >= 11 is 2.02.